The second-order valence-electron chi connectivity index (χ2n) is 2.31. The summed E-state index contributed by atoms with van der Waals surface area (Å²) < 4.78 is 5.36. The van der Waals surface area contributed by atoms with E-state index < -0.39 is 0 Å². The van der Waals surface area contributed by atoms with Crippen molar-refractivity contribution in [2.75, 3.05) is 19.7 Å². The summed E-state index contributed by atoms with van der Waals surface area (Å²) in [5.41, 5.74) is 0. The number of hydrogen-bond donors (Lipinski definition) is 1. The largest absolute Gasteiger partial charge is 0.370 e. The standard InChI is InChI=1S/C8H14N2O/c1-3-7(11-4-2)8-9-5-6-10-8/h3,7H,1,4-6H2,2H3,(H,9,10). The van der Waals surface area contributed by atoms with Crippen molar-refractivity contribution in [1.82, 2.24) is 5.32 Å². The molecule has 0 aromatic heterocycles. The van der Waals surface area contributed by atoms with E-state index in [1.165, 1.54) is 0 Å². The Bertz CT molecular complexity index is 165. The summed E-state index contributed by atoms with van der Waals surface area (Å²) in [7, 11) is 0. The van der Waals surface area contributed by atoms with Crippen LogP contribution < -0.4 is 5.32 Å². The third kappa shape index (κ3) is 2.05. The maximum absolute atomic E-state index is 5.36. The summed E-state index contributed by atoms with van der Waals surface area (Å²) in [5.74, 6) is 0.918. The third-order valence-corrected chi connectivity index (χ3v) is 1.53. The van der Waals surface area contributed by atoms with Crippen LogP contribution in [0.15, 0.2) is 17.6 Å². The number of ether oxygens (including phenoxy) is 1. The molecule has 0 saturated heterocycles. The van der Waals surface area contributed by atoms with Gasteiger partial charge in [0.2, 0.25) is 0 Å². The van der Waals surface area contributed by atoms with E-state index in [9.17, 15) is 0 Å². The highest BCUT2D eigenvalue weighted by Crippen LogP contribution is 1.98. The Morgan fingerprint density at radius 1 is 1.91 bits per heavy atom. The van der Waals surface area contributed by atoms with Gasteiger partial charge >= 0.3 is 0 Å². The lowest BCUT2D eigenvalue weighted by Gasteiger charge is -2.12. The van der Waals surface area contributed by atoms with Gasteiger partial charge in [-0.3, -0.25) is 4.99 Å². The first-order valence-corrected chi connectivity index (χ1v) is 3.91. The third-order valence-electron chi connectivity index (χ3n) is 1.53. The first kappa shape index (κ1) is 8.27. The van der Waals surface area contributed by atoms with E-state index in [4.69, 9.17) is 4.74 Å². The number of hydrogen-bond acceptors (Lipinski definition) is 3. The predicted molar refractivity (Wildman–Crippen MR) is 45.9 cm³/mol. The van der Waals surface area contributed by atoms with Crippen LogP contribution in [-0.4, -0.2) is 31.6 Å². The average molecular weight is 154 g/mol. The highest BCUT2D eigenvalue weighted by atomic mass is 16.5. The molecule has 1 N–H and O–H groups in total. The fourth-order valence-corrected chi connectivity index (χ4v) is 1.04. The van der Waals surface area contributed by atoms with Crippen molar-refractivity contribution < 1.29 is 4.74 Å². The molecule has 0 radical (unpaired) electrons. The second-order valence-corrected chi connectivity index (χ2v) is 2.31. The van der Waals surface area contributed by atoms with Crippen molar-refractivity contribution in [2.45, 2.75) is 13.0 Å². The summed E-state index contributed by atoms with van der Waals surface area (Å²) in [6.07, 6.45) is 1.73. The van der Waals surface area contributed by atoms with E-state index in [1.807, 2.05) is 6.92 Å². The van der Waals surface area contributed by atoms with E-state index in [0.29, 0.717) is 6.61 Å². The number of amidine groups is 1. The molecular weight excluding hydrogens is 140 g/mol. The Hall–Kier alpha value is -0.830. The molecule has 0 aromatic rings. The molecule has 0 aliphatic carbocycles. The van der Waals surface area contributed by atoms with Crippen LogP contribution in [0.1, 0.15) is 6.92 Å². The first-order chi connectivity index (χ1) is 5.38. The molecule has 1 aliphatic heterocycles. The average Bonchev–Trinajstić information content (AvgIpc) is 2.52. The highest BCUT2D eigenvalue weighted by Gasteiger charge is 2.14. The van der Waals surface area contributed by atoms with E-state index in [2.05, 4.69) is 16.9 Å². The van der Waals surface area contributed by atoms with Crippen LogP contribution in [0.2, 0.25) is 0 Å². The minimum Gasteiger partial charge on any atom is -0.370 e. The highest BCUT2D eigenvalue weighted by molar-refractivity contribution is 5.89. The molecule has 0 aromatic carbocycles. The van der Waals surface area contributed by atoms with Gasteiger partial charge in [0.05, 0.1) is 6.54 Å². The van der Waals surface area contributed by atoms with E-state index >= 15 is 0 Å². The molecule has 11 heavy (non-hydrogen) atoms. The molecule has 0 fully saturated rings. The molecule has 0 amide bonds. The van der Waals surface area contributed by atoms with Gasteiger partial charge in [0, 0.05) is 13.2 Å². The quantitative estimate of drug-likeness (QED) is 0.601. The van der Waals surface area contributed by atoms with Crippen molar-refractivity contribution in [3.8, 4) is 0 Å². The van der Waals surface area contributed by atoms with Crippen molar-refractivity contribution in [3.63, 3.8) is 0 Å². The molecule has 0 bridgehead atoms. The molecule has 0 spiro atoms. The van der Waals surface area contributed by atoms with Gasteiger partial charge in [-0.05, 0) is 6.92 Å². The Morgan fingerprint density at radius 3 is 3.18 bits per heavy atom. The summed E-state index contributed by atoms with van der Waals surface area (Å²) in [6, 6.07) is 0. The molecular formula is C8H14N2O. The molecule has 3 heteroatoms. The van der Waals surface area contributed by atoms with Gasteiger partial charge in [0.1, 0.15) is 11.9 Å². The summed E-state index contributed by atoms with van der Waals surface area (Å²) >= 11 is 0. The number of aliphatic imine (C=N–C) groups is 1. The lowest BCUT2D eigenvalue weighted by atomic mass is 10.3. The monoisotopic (exact) mass is 154 g/mol. The van der Waals surface area contributed by atoms with Gasteiger partial charge in [-0.1, -0.05) is 6.08 Å². The lowest BCUT2D eigenvalue weighted by Crippen LogP contribution is -2.31. The van der Waals surface area contributed by atoms with Crippen molar-refractivity contribution >= 4 is 5.84 Å². The molecule has 1 aliphatic rings. The minimum atomic E-state index is -0.0394. The zero-order valence-corrected chi connectivity index (χ0v) is 6.84. The molecule has 62 valence electrons. The van der Waals surface area contributed by atoms with Crippen LogP contribution in [0.3, 0.4) is 0 Å². The maximum Gasteiger partial charge on any atom is 0.132 e. The van der Waals surface area contributed by atoms with Gasteiger partial charge in [0.15, 0.2) is 0 Å². The van der Waals surface area contributed by atoms with Crippen LogP contribution in [0, 0.1) is 0 Å². The van der Waals surface area contributed by atoms with Crippen LogP contribution in [0.5, 0.6) is 0 Å². The Morgan fingerprint density at radius 2 is 2.73 bits per heavy atom. The fraction of sp³-hybridized carbons (Fsp3) is 0.625. The number of nitrogens with one attached hydrogen (secondary N) is 1. The topological polar surface area (TPSA) is 33.6 Å². The summed E-state index contributed by atoms with van der Waals surface area (Å²) in [5, 5.41) is 3.15. The summed E-state index contributed by atoms with van der Waals surface area (Å²) in [6.45, 7) is 8.11. The zero-order valence-electron chi connectivity index (χ0n) is 6.84. The molecule has 3 nitrogen and oxygen atoms in total. The van der Waals surface area contributed by atoms with Gasteiger partial charge in [0.25, 0.3) is 0 Å². The van der Waals surface area contributed by atoms with Crippen LogP contribution >= 0.6 is 0 Å². The smallest absolute Gasteiger partial charge is 0.132 e. The van der Waals surface area contributed by atoms with Crippen LogP contribution in [0.4, 0.5) is 0 Å². The SMILES string of the molecule is C=CC(OCC)C1=NCCN1. The van der Waals surface area contributed by atoms with Gasteiger partial charge in [-0.15, -0.1) is 6.58 Å². The Balaban J connectivity index is 2.46. The fourth-order valence-electron chi connectivity index (χ4n) is 1.04. The zero-order chi connectivity index (χ0) is 8.10. The molecule has 1 heterocycles. The van der Waals surface area contributed by atoms with Crippen LogP contribution in [-0.2, 0) is 4.74 Å². The normalized spacial score (nSPS) is 18.8. The molecule has 0 saturated carbocycles. The van der Waals surface area contributed by atoms with E-state index in [1.54, 1.807) is 6.08 Å². The predicted octanol–water partition coefficient (Wildman–Crippen LogP) is 0.579. The first-order valence-electron chi connectivity index (χ1n) is 3.91. The van der Waals surface area contributed by atoms with Crippen LogP contribution in [0.25, 0.3) is 0 Å². The Labute approximate surface area is 67.2 Å². The summed E-state index contributed by atoms with van der Waals surface area (Å²) in [4.78, 5) is 4.23. The minimum absolute atomic E-state index is 0.0394. The molecule has 1 rings (SSSR count). The second kappa shape index (κ2) is 4.13. The molecule has 1 unspecified atom stereocenters. The van der Waals surface area contributed by atoms with E-state index in [0.717, 1.165) is 18.9 Å². The van der Waals surface area contributed by atoms with Gasteiger partial charge in [-0.2, -0.15) is 0 Å². The lowest BCUT2D eigenvalue weighted by molar-refractivity contribution is 0.138. The van der Waals surface area contributed by atoms with Crippen molar-refractivity contribution in [2.24, 2.45) is 4.99 Å². The number of nitrogens with zero attached hydrogens (tertiary/aromatic N) is 1. The number of rotatable bonds is 4. The van der Waals surface area contributed by atoms with Crippen molar-refractivity contribution in [1.29, 1.82) is 0 Å². The maximum atomic E-state index is 5.36. The van der Waals surface area contributed by atoms with Gasteiger partial charge in [-0.25, -0.2) is 0 Å². The molecule has 1 atom stereocenters. The van der Waals surface area contributed by atoms with Crippen molar-refractivity contribution in [3.05, 3.63) is 12.7 Å². The van der Waals surface area contributed by atoms with E-state index in [-0.39, 0.29) is 6.10 Å². The van der Waals surface area contributed by atoms with Gasteiger partial charge < -0.3 is 10.1 Å². The Kier molecular flexibility index (Phi) is 3.11.